The molecule has 0 spiro atoms. The van der Waals surface area contributed by atoms with Crippen molar-refractivity contribution < 1.29 is 0 Å². The van der Waals surface area contributed by atoms with E-state index in [1.165, 1.54) is 29.8 Å². The van der Waals surface area contributed by atoms with E-state index >= 15 is 0 Å². The highest BCUT2D eigenvalue weighted by Crippen LogP contribution is 2.39. The molecule has 1 aromatic carbocycles. The lowest BCUT2D eigenvalue weighted by atomic mass is 10.2. The van der Waals surface area contributed by atoms with Crippen molar-refractivity contribution in [2.24, 2.45) is 7.05 Å². The molecule has 1 fully saturated rings. The Morgan fingerprint density at radius 1 is 1.18 bits per heavy atom. The molecule has 122 valence electrons. The number of nitrogens with one attached hydrogen (secondary N) is 1. The predicted octanol–water partition coefficient (Wildman–Crippen LogP) is 3.82. The van der Waals surface area contributed by atoms with Crippen molar-refractivity contribution in [3.05, 3.63) is 41.6 Å². The molecule has 2 aromatic rings. The van der Waals surface area contributed by atoms with Crippen LogP contribution in [0.3, 0.4) is 0 Å². The third kappa shape index (κ3) is 4.31. The molecule has 1 aromatic heterocycles. The normalized spacial score (nSPS) is 13.0. The summed E-state index contributed by atoms with van der Waals surface area (Å²) >= 11 is 0. The second kappa shape index (κ2) is 7.75. The quantitative estimate of drug-likeness (QED) is 0.896. The number of aryl methyl sites for hydroxylation is 1. The van der Waals surface area contributed by atoms with Crippen molar-refractivity contribution >= 4 is 36.3 Å². The van der Waals surface area contributed by atoms with Gasteiger partial charge in [-0.3, -0.25) is 4.68 Å². The summed E-state index contributed by atoms with van der Waals surface area (Å²) in [6.07, 6.45) is 2.59. The minimum atomic E-state index is 0. The van der Waals surface area contributed by atoms with Gasteiger partial charge in [-0.15, -0.1) is 24.8 Å². The van der Waals surface area contributed by atoms with E-state index in [1.807, 2.05) is 11.7 Å². The maximum absolute atomic E-state index is 4.57. The minimum Gasteiger partial charge on any atom is -0.378 e. The Morgan fingerprint density at radius 2 is 1.82 bits per heavy atom. The molecule has 0 unspecified atom stereocenters. The molecule has 1 N–H and O–H groups in total. The van der Waals surface area contributed by atoms with Crippen LogP contribution in [0.25, 0.3) is 0 Å². The van der Waals surface area contributed by atoms with Crippen LogP contribution in [-0.2, 0) is 13.6 Å². The SMILES string of the molecule is CN(C)c1ccc(CNc2cc(C3CC3)nn2C)cc1.Cl.Cl. The van der Waals surface area contributed by atoms with E-state index < -0.39 is 0 Å². The predicted molar refractivity (Wildman–Crippen MR) is 97.8 cm³/mol. The first-order valence-electron chi connectivity index (χ1n) is 7.17. The second-order valence-electron chi connectivity index (χ2n) is 5.77. The molecule has 1 saturated carbocycles. The minimum absolute atomic E-state index is 0. The zero-order chi connectivity index (χ0) is 14.1. The van der Waals surface area contributed by atoms with Crippen molar-refractivity contribution in [3.8, 4) is 0 Å². The smallest absolute Gasteiger partial charge is 0.124 e. The first-order valence-corrected chi connectivity index (χ1v) is 7.17. The summed E-state index contributed by atoms with van der Waals surface area (Å²) in [6.45, 7) is 0.831. The van der Waals surface area contributed by atoms with Gasteiger partial charge >= 0.3 is 0 Å². The molecule has 0 saturated heterocycles. The molecule has 4 nitrogen and oxygen atoms in total. The van der Waals surface area contributed by atoms with Gasteiger partial charge in [0.05, 0.1) is 5.69 Å². The Kier molecular flexibility index (Phi) is 6.57. The lowest BCUT2D eigenvalue weighted by Gasteiger charge is -2.13. The summed E-state index contributed by atoms with van der Waals surface area (Å²) in [5.74, 6) is 1.81. The van der Waals surface area contributed by atoms with Gasteiger partial charge in [0.25, 0.3) is 0 Å². The fourth-order valence-corrected chi connectivity index (χ4v) is 2.34. The van der Waals surface area contributed by atoms with Crippen molar-refractivity contribution in [2.45, 2.75) is 25.3 Å². The third-order valence-corrected chi connectivity index (χ3v) is 3.82. The fraction of sp³-hybridized carbons (Fsp3) is 0.438. The monoisotopic (exact) mass is 342 g/mol. The molecule has 0 bridgehead atoms. The van der Waals surface area contributed by atoms with E-state index in [2.05, 4.69) is 59.7 Å². The Labute approximate surface area is 144 Å². The molecule has 3 rings (SSSR count). The van der Waals surface area contributed by atoms with E-state index in [-0.39, 0.29) is 24.8 Å². The van der Waals surface area contributed by atoms with Crippen molar-refractivity contribution in [1.29, 1.82) is 0 Å². The molecule has 1 aliphatic carbocycles. The zero-order valence-electron chi connectivity index (χ0n) is 13.2. The molecule has 22 heavy (non-hydrogen) atoms. The number of benzene rings is 1. The van der Waals surface area contributed by atoms with Gasteiger partial charge in [0.15, 0.2) is 0 Å². The summed E-state index contributed by atoms with van der Waals surface area (Å²) in [7, 11) is 6.12. The second-order valence-corrected chi connectivity index (χ2v) is 5.77. The third-order valence-electron chi connectivity index (χ3n) is 3.82. The molecule has 0 radical (unpaired) electrons. The van der Waals surface area contributed by atoms with Gasteiger partial charge in [-0.25, -0.2) is 0 Å². The lowest BCUT2D eigenvalue weighted by molar-refractivity contribution is 0.745. The van der Waals surface area contributed by atoms with Gasteiger partial charge < -0.3 is 10.2 Å². The Morgan fingerprint density at radius 3 is 2.36 bits per heavy atom. The maximum atomic E-state index is 4.57. The number of rotatable bonds is 5. The van der Waals surface area contributed by atoms with Gasteiger partial charge in [0.2, 0.25) is 0 Å². The average molecular weight is 343 g/mol. The van der Waals surface area contributed by atoms with Crippen LogP contribution in [0.5, 0.6) is 0 Å². The zero-order valence-corrected chi connectivity index (χ0v) is 14.9. The van der Waals surface area contributed by atoms with Crippen LogP contribution >= 0.6 is 24.8 Å². The molecule has 1 heterocycles. The first-order chi connectivity index (χ1) is 9.63. The molecule has 1 aliphatic rings. The number of hydrogen-bond donors (Lipinski definition) is 1. The van der Waals surface area contributed by atoms with Gasteiger partial charge in [-0.1, -0.05) is 12.1 Å². The van der Waals surface area contributed by atoms with Crippen molar-refractivity contribution in [3.63, 3.8) is 0 Å². The van der Waals surface area contributed by atoms with E-state index in [0.717, 1.165) is 12.4 Å². The topological polar surface area (TPSA) is 33.1 Å². The molecule has 0 atom stereocenters. The van der Waals surface area contributed by atoms with Crippen LogP contribution in [0.4, 0.5) is 11.5 Å². The first kappa shape index (κ1) is 18.7. The van der Waals surface area contributed by atoms with Gasteiger partial charge in [-0.2, -0.15) is 5.10 Å². The molecular weight excluding hydrogens is 319 g/mol. The lowest BCUT2D eigenvalue weighted by Crippen LogP contribution is -2.09. The Hall–Kier alpha value is -1.39. The van der Waals surface area contributed by atoms with Gasteiger partial charge in [-0.05, 0) is 30.5 Å². The van der Waals surface area contributed by atoms with E-state index in [0.29, 0.717) is 5.92 Å². The summed E-state index contributed by atoms with van der Waals surface area (Å²) in [5.41, 5.74) is 3.74. The Balaban J connectivity index is 0.00000121. The van der Waals surface area contributed by atoms with Crippen LogP contribution in [-0.4, -0.2) is 23.9 Å². The molecule has 0 amide bonds. The molecule has 0 aliphatic heterocycles. The van der Waals surface area contributed by atoms with Crippen LogP contribution in [0.2, 0.25) is 0 Å². The number of halogens is 2. The van der Waals surface area contributed by atoms with Gasteiger partial charge in [0, 0.05) is 45.4 Å². The fourth-order valence-electron chi connectivity index (χ4n) is 2.34. The average Bonchev–Trinajstić information content (AvgIpc) is 3.21. The highest BCUT2D eigenvalue weighted by Gasteiger charge is 2.26. The molecule has 6 heteroatoms. The van der Waals surface area contributed by atoms with E-state index in [4.69, 9.17) is 0 Å². The van der Waals surface area contributed by atoms with Gasteiger partial charge in [0.1, 0.15) is 5.82 Å². The number of nitrogens with zero attached hydrogens (tertiary/aromatic N) is 3. The largest absolute Gasteiger partial charge is 0.378 e. The number of hydrogen-bond acceptors (Lipinski definition) is 3. The van der Waals surface area contributed by atoms with Crippen LogP contribution in [0, 0.1) is 0 Å². The summed E-state index contributed by atoms with van der Waals surface area (Å²) in [5, 5.41) is 8.04. The van der Waals surface area contributed by atoms with Crippen LogP contribution in [0.1, 0.15) is 30.0 Å². The number of anilines is 2. The summed E-state index contributed by atoms with van der Waals surface area (Å²) in [6, 6.07) is 10.8. The molecular formula is C16H24Cl2N4. The van der Waals surface area contributed by atoms with E-state index in [9.17, 15) is 0 Å². The standard InChI is InChI=1S/C16H22N4.2ClH/c1-19(2)14-8-4-12(5-9-14)11-17-16-10-15(13-6-7-13)18-20(16)3;;/h4-5,8-10,13,17H,6-7,11H2,1-3H3;2*1H. The maximum Gasteiger partial charge on any atom is 0.124 e. The van der Waals surface area contributed by atoms with Crippen molar-refractivity contribution in [2.75, 3.05) is 24.3 Å². The number of aromatic nitrogens is 2. The summed E-state index contributed by atoms with van der Waals surface area (Å²) < 4.78 is 1.95. The van der Waals surface area contributed by atoms with Crippen LogP contribution < -0.4 is 10.2 Å². The Bertz CT molecular complexity index is 589. The highest BCUT2D eigenvalue weighted by molar-refractivity contribution is 5.85. The highest BCUT2D eigenvalue weighted by atomic mass is 35.5. The van der Waals surface area contributed by atoms with Crippen molar-refractivity contribution in [1.82, 2.24) is 9.78 Å². The van der Waals surface area contributed by atoms with Crippen LogP contribution in [0.15, 0.2) is 30.3 Å². The van der Waals surface area contributed by atoms with E-state index in [1.54, 1.807) is 0 Å². The summed E-state index contributed by atoms with van der Waals surface area (Å²) in [4.78, 5) is 2.11.